The van der Waals surface area contributed by atoms with Crippen LogP contribution in [0.25, 0.3) is 22.1 Å². The van der Waals surface area contributed by atoms with E-state index in [1.54, 1.807) is 0 Å². The molecule has 1 heterocycles. The molecular formula is C26H24F6O6. The zero-order valence-electron chi connectivity index (χ0n) is 20.8. The van der Waals surface area contributed by atoms with Crippen LogP contribution in [0.3, 0.4) is 0 Å². The molecule has 0 bridgehead atoms. The highest BCUT2D eigenvalue weighted by Gasteiger charge is 2.53. The van der Waals surface area contributed by atoms with E-state index in [1.165, 1.54) is 45.2 Å². The minimum Gasteiger partial charge on any atom is -0.497 e. The number of alkyl halides is 6. The van der Waals surface area contributed by atoms with Crippen molar-refractivity contribution in [3.8, 4) is 22.6 Å². The first-order valence-corrected chi connectivity index (χ1v) is 11.3. The molecule has 6 nitrogen and oxygen atoms in total. The first-order valence-electron chi connectivity index (χ1n) is 11.3. The summed E-state index contributed by atoms with van der Waals surface area (Å²) in [6, 6.07) is 8.05. The number of fused-ring (bicyclic) bond motifs is 1. The van der Waals surface area contributed by atoms with Gasteiger partial charge in [-0.05, 0) is 43.3 Å². The maximum absolute atomic E-state index is 13.7. The van der Waals surface area contributed by atoms with E-state index in [0.29, 0.717) is 0 Å². The van der Waals surface area contributed by atoms with Gasteiger partial charge in [0.25, 0.3) is 0 Å². The predicted octanol–water partition coefficient (Wildman–Crippen LogP) is 6.63. The standard InChI is InChI=1S/C26H24F6O6/c1-14(2)22(33)37-13-24(3,26(30,31)32)12-36-17-6-5-15-9-19(23(34)38-21(15)11-17)18-8-7-16(35-4)10-20(18)25(27,28)29/h5-11,14H,12-13H2,1-4H3. The molecule has 0 N–H and O–H groups in total. The monoisotopic (exact) mass is 546 g/mol. The van der Waals surface area contributed by atoms with Gasteiger partial charge in [0, 0.05) is 17.0 Å². The Labute approximate surface area is 213 Å². The van der Waals surface area contributed by atoms with Gasteiger partial charge in [-0.1, -0.05) is 13.8 Å². The lowest BCUT2D eigenvalue weighted by atomic mass is 9.92. The number of hydrogen-bond acceptors (Lipinski definition) is 6. The quantitative estimate of drug-likeness (QED) is 0.179. The molecule has 0 saturated heterocycles. The maximum Gasteiger partial charge on any atom is 0.417 e. The van der Waals surface area contributed by atoms with Crippen LogP contribution >= 0.6 is 0 Å². The van der Waals surface area contributed by atoms with Crippen molar-refractivity contribution in [1.82, 2.24) is 0 Å². The van der Waals surface area contributed by atoms with Crippen molar-refractivity contribution < 1.29 is 49.8 Å². The Kier molecular flexibility index (Phi) is 8.04. The molecule has 0 aliphatic carbocycles. The van der Waals surface area contributed by atoms with Gasteiger partial charge in [0.1, 0.15) is 35.7 Å². The van der Waals surface area contributed by atoms with Crippen LogP contribution in [-0.4, -0.2) is 32.5 Å². The summed E-state index contributed by atoms with van der Waals surface area (Å²) in [6.07, 6.45) is -9.57. The van der Waals surface area contributed by atoms with Crippen LogP contribution in [0, 0.1) is 11.3 Å². The lowest BCUT2D eigenvalue weighted by Crippen LogP contribution is -2.45. The van der Waals surface area contributed by atoms with Crippen molar-refractivity contribution in [1.29, 1.82) is 0 Å². The van der Waals surface area contributed by atoms with Gasteiger partial charge in [-0.15, -0.1) is 0 Å². The summed E-state index contributed by atoms with van der Waals surface area (Å²) in [6.45, 7) is 1.91. The van der Waals surface area contributed by atoms with Gasteiger partial charge < -0.3 is 18.6 Å². The highest BCUT2D eigenvalue weighted by Crippen LogP contribution is 2.40. The number of carbonyl (C=O) groups is 1. The molecule has 3 aromatic rings. The van der Waals surface area contributed by atoms with Crippen LogP contribution in [0.4, 0.5) is 26.3 Å². The molecule has 0 aliphatic heterocycles. The van der Waals surface area contributed by atoms with Gasteiger partial charge in [0.2, 0.25) is 0 Å². The van der Waals surface area contributed by atoms with Crippen molar-refractivity contribution >= 4 is 16.9 Å². The number of carbonyl (C=O) groups excluding carboxylic acids is 1. The van der Waals surface area contributed by atoms with Crippen molar-refractivity contribution in [3.63, 3.8) is 0 Å². The molecule has 1 aromatic heterocycles. The zero-order chi connectivity index (χ0) is 28.5. The number of ether oxygens (including phenoxy) is 3. The Hall–Kier alpha value is -3.70. The Balaban J connectivity index is 1.92. The molecule has 2 aromatic carbocycles. The predicted molar refractivity (Wildman–Crippen MR) is 125 cm³/mol. The minimum absolute atomic E-state index is 0.0575. The number of hydrogen-bond donors (Lipinski definition) is 0. The number of halogens is 6. The van der Waals surface area contributed by atoms with Crippen LogP contribution in [0.15, 0.2) is 51.7 Å². The lowest BCUT2D eigenvalue weighted by Gasteiger charge is -2.31. The molecule has 206 valence electrons. The first-order chi connectivity index (χ1) is 17.6. The van der Waals surface area contributed by atoms with Gasteiger partial charge in [0.15, 0.2) is 0 Å². The molecule has 0 amide bonds. The largest absolute Gasteiger partial charge is 0.497 e. The Morgan fingerprint density at radius 2 is 1.58 bits per heavy atom. The average molecular weight is 546 g/mol. The molecule has 1 atom stereocenters. The second-order valence-electron chi connectivity index (χ2n) is 9.17. The van der Waals surface area contributed by atoms with Crippen molar-refractivity contribution in [2.24, 2.45) is 11.3 Å². The van der Waals surface area contributed by atoms with Crippen molar-refractivity contribution in [2.45, 2.75) is 33.1 Å². The first kappa shape index (κ1) is 28.9. The summed E-state index contributed by atoms with van der Waals surface area (Å²) in [5, 5.41) is 0.209. The molecule has 0 saturated carbocycles. The molecule has 0 fully saturated rings. The van der Waals surface area contributed by atoms with Gasteiger partial charge in [-0.3, -0.25) is 4.79 Å². The maximum atomic E-state index is 13.7. The fourth-order valence-electron chi connectivity index (χ4n) is 3.33. The normalized spacial score (nSPS) is 13.9. The molecule has 0 spiro atoms. The van der Waals surface area contributed by atoms with Gasteiger partial charge >= 0.3 is 23.9 Å². The van der Waals surface area contributed by atoms with Crippen molar-refractivity contribution in [3.05, 3.63) is 58.4 Å². The third kappa shape index (κ3) is 6.22. The van der Waals surface area contributed by atoms with E-state index in [4.69, 9.17) is 18.6 Å². The van der Waals surface area contributed by atoms with E-state index in [2.05, 4.69) is 0 Å². The van der Waals surface area contributed by atoms with E-state index < -0.39 is 59.6 Å². The second-order valence-corrected chi connectivity index (χ2v) is 9.17. The fraction of sp³-hybridized carbons (Fsp3) is 0.385. The van der Waals surface area contributed by atoms with E-state index >= 15 is 0 Å². The van der Waals surface area contributed by atoms with Gasteiger partial charge in [0.05, 0.1) is 24.2 Å². The van der Waals surface area contributed by atoms with Gasteiger partial charge in [-0.25, -0.2) is 4.79 Å². The topological polar surface area (TPSA) is 75.0 Å². The average Bonchev–Trinajstić information content (AvgIpc) is 2.83. The summed E-state index contributed by atoms with van der Waals surface area (Å²) in [5.41, 5.74) is -5.64. The van der Waals surface area contributed by atoms with E-state index in [-0.39, 0.29) is 28.0 Å². The summed E-state index contributed by atoms with van der Waals surface area (Å²) in [7, 11) is 1.20. The summed E-state index contributed by atoms with van der Waals surface area (Å²) in [5.74, 6) is -1.57. The highest BCUT2D eigenvalue weighted by atomic mass is 19.4. The third-order valence-corrected chi connectivity index (χ3v) is 5.78. The third-order valence-electron chi connectivity index (χ3n) is 5.78. The summed E-state index contributed by atoms with van der Waals surface area (Å²) < 4.78 is 102. The SMILES string of the molecule is COc1ccc(-c2cc3ccc(OCC(C)(COC(=O)C(C)C)C(F)(F)F)cc3oc2=O)c(C(F)(F)F)c1. The molecule has 1 unspecified atom stereocenters. The number of methoxy groups -OCH3 is 1. The van der Waals surface area contributed by atoms with Crippen LogP contribution in [0.2, 0.25) is 0 Å². The second kappa shape index (κ2) is 10.6. The van der Waals surface area contributed by atoms with E-state index in [1.807, 2.05) is 0 Å². The van der Waals surface area contributed by atoms with Crippen LogP contribution in [0.1, 0.15) is 26.3 Å². The Bertz CT molecular complexity index is 1380. The van der Waals surface area contributed by atoms with Crippen LogP contribution < -0.4 is 15.1 Å². The number of esters is 1. The van der Waals surface area contributed by atoms with E-state index in [0.717, 1.165) is 25.1 Å². The fourth-order valence-corrected chi connectivity index (χ4v) is 3.33. The number of rotatable bonds is 8. The molecule has 12 heteroatoms. The van der Waals surface area contributed by atoms with E-state index in [9.17, 15) is 35.9 Å². The van der Waals surface area contributed by atoms with Crippen molar-refractivity contribution in [2.75, 3.05) is 20.3 Å². The molecule has 0 radical (unpaired) electrons. The Morgan fingerprint density at radius 1 is 0.921 bits per heavy atom. The minimum atomic E-state index is -4.79. The van der Waals surface area contributed by atoms with Crippen LogP contribution in [-0.2, 0) is 15.7 Å². The van der Waals surface area contributed by atoms with Gasteiger partial charge in [-0.2, -0.15) is 26.3 Å². The summed E-state index contributed by atoms with van der Waals surface area (Å²) in [4.78, 5) is 24.3. The Morgan fingerprint density at radius 3 is 2.16 bits per heavy atom. The molecule has 3 rings (SSSR count). The lowest BCUT2D eigenvalue weighted by molar-refractivity contribution is -0.241. The highest BCUT2D eigenvalue weighted by molar-refractivity contribution is 5.83. The van der Waals surface area contributed by atoms with Crippen LogP contribution in [0.5, 0.6) is 11.5 Å². The molecule has 0 aliphatic rings. The number of benzene rings is 2. The summed E-state index contributed by atoms with van der Waals surface area (Å²) >= 11 is 0. The molecular weight excluding hydrogens is 522 g/mol. The smallest absolute Gasteiger partial charge is 0.417 e. The zero-order valence-corrected chi connectivity index (χ0v) is 20.8. The molecule has 38 heavy (non-hydrogen) atoms.